The van der Waals surface area contributed by atoms with Crippen LogP contribution in [-0.4, -0.2) is 14.4 Å². The maximum atomic E-state index is 5.72. The van der Waals surface area contributed by atoms with Gasteiger partial charge in [0.25, 0.3) is 0 Å². The van der Waals surface area contributed by atoms with Crippen molar-refractivity contribution >= 4 is 13.3 Å². The van der Waals surface area contributed by atoms with E-state index in [9.17, 15) is 0 Å². The monoisotopic (exact) mass is 181 g/mol. The summed E-state index contributed by atoms with van der Waals surface area (Å²) >= 11 is 0. The van der Waals surface area contributed by atoms with Gasteiger partial charge >= 0.3 is 0 Å². The van der Waals surface area contributed by atoms with Gasteiger partial charge in [-0.15, -0.1) is 6.42 Å². The molecule has 2 radical (unpaired) electrons. The van der Waals surface area contributed by atoms with E-state index in [1.807, 2.05) is 6.07 Å². The molecule has 0 heterocycles. The molecule has 2 heteroatoms. The van der Waals surface area contributed by atoms with Crippen LogP contribution >= 0.6 is 0 Å². The highest BCUT2D eigenvalue weighted by Gasteiger charge is 2.20. The zero-order valence-corrected chi connectivity index (χ0v) is 8.09. The lowest BCUT2D eigenvalue weighted by Crippen LogP contribution is -2.19. The molecule has 0 spiro atoms. The van der Waals surface area contributed by atoms with Crippen LogP contribution in [0.15, 0.2) is 18.2 Å². The number of fused-ring (bicyclic) bond motifs is 1. The van der Waals surface area contributed by atoms with E-state index >= 15 is 0 Å². The van der Waals surface area contributed by atoms with Crippen molar-refractivity contribution in [2.45, 2.75) is 18.9 Å². The number of hydrogen-bond acceptors (Lipinski definition) is 1. The maximum Gasteiger partial charge on any atom is 0.113 e. The molecule has 0 saturated carbocycles. The number of hydrogen-bond donors (Lipinski definition) is 1. The molecule has 1 aromatic carbocycles. The molecular formula is C12H12BN. The van der Waals surface area contributed by atoms with Crippen molar-refractivity contribution in [3.8, 4) is 12.3 Å². The van der Waals surface area contributed by atoms with Gasteiger partial charge in [-0.2, -0.15) is 0 Å². The molecular weight excluding hydrogens is 169 g/mol. The molecule has 1 atom stereocenters. The Labute approximate surface area is 86.3 Å². The van der Waals surface area contributed by atoms with E-state index in [0.717, 1.165) is 18.3 Å². The third-order valence-corrected chi connectivity index (χ3v) is 2.70. The zero-order chi connectivity index (χ0) is 9.97. The molecule has 0 aliphatic heterocycles. The third kappa shape index (κ3) is 1.69. The maximum absolute atomic E-state index is 5.72. The van der Waals surface area contributed by atoms with Crippen molar-refractivity contribution in [2.75, 3.05) is 6.54 Å². The van der Waals surface area contributed by atoms with Crippen molar-refractivity contribution in [1.82, 2.24) is 5.32 Å². The fourth-order valence-electron chi connectivity index (χ4n) is 2.03. The van der Waals surface area contributed by atoms with E-state index in [-0.39, 0.29) is 0 Å². The van der Waals surface area contributed by atoms with Crippen LogP contribution in [-0.2, 0) is 6.42 Å². The predicted octanol–water partition coefficient (Wildman–Crippen LogP) is 0.691. The minimum atomic E-state index is 0.418. The Hall–Kier alpha value is -1.20. The van der Waals surface area contributed by atoms with Gasteiger partial charge in [0.1, 0.15) is 7.85 Å². The zero-order valence-electron chi connectivity index (χ0n) is 8.09. The SMILES string of the molecule is [B]c1ccc2c(c1)CCC2NCC#C. The van der Waals surface area contributed by atoms with Crippen molar-refractivity contribution < 1.29 is 0 Å². The van der Waals surface area contributed by atoms with E-state index < -0.39 is 0 Å². The second-order valence-corrected chi connectivity index (χ2v) is 3.63. The summed E-state index contributed by atoms with van der Waals surface area (Å²) in [6.45, 7) is 0.633. The van der Waals surface area contributed by atoms with Gasteiger partial charge in [0.2, 0.25) is 0 Å². The number of rotatable bonds is 2. The van der Waals surface area contributed by atoms with E-state index in [4.69, 9.17) is 14.3 Å². The van der Waals surface area contributed by atoms with E-state index in [1.165, 1.54) is 11.1 Å². The minimum Gasteiger partial charge on any atom is -0.299 e. The predicted molar refractivity (Wildman–Crippen MR) is 59.7 cm³/mol. The van der Waals surface area contributed by atoms with Crippen molar-refractivity contribution in [3.63, 3.8) is 0 Å². The molecule has 14 heavy (non-hydrogen) atoms. The largest absolute Gasteiger partial charge is 0.299 e. The highest BCUT2D eigenvalue weighted by molar-refractivity contribution is 6.32. The van der Waals surface area contributed by atoms with E-state index in [0.29, 0.717) is 12.6 Å². The lowest BCUT2D eigenvalue weighted by Gasteiger charge is -2.11. The molecule has 0 saturated heterocycles. The first kappa shape index (κ1) is 9.36. The standard InChI is InChI=1S/C12H12BN/c1-2-7-14-12-6-3-9-8-10(13)4-5-11(9)12/h1,4-5,8,12,14H,3,6-7H2. The summed E-state index contributed by atoms with van der Waals surface area (Å²) < 4.78 is 0. The molecule has 1 aliphatic rings. The number of terminal acetylenes is 1. The van der Waals surface area contributed by atoms with Crippen LogP contribution in [0, 0.1) is 12.3 Å². The summed E-state index contributed by atoms with van der Waals surface area (Å²) in [6.07, 6.45) is 7.44. The van der Waals surface area contributed by atoms with Crippen LogP contribution in [0.2, 0.25) is 0 Å². The first-order chi connectivity index (χ1) is 6.81. The van der Waals surface area contributed by atoms with E-state index in [1.54, 1.807) is 0 Å². The van der Waals surface area contributed by atoms with Crippen LogP contribution in [0.5, 0.6) is 0 Å². The second-order valence-electron chi connectivity index (χ2n) is 3.63. The smallest absolute Gasteiger partial charge is 0.113 e. The first-order valence-corrected chi connectivity index (χ1v) is 4.86. The van der Waals surface area contributed by atoms with Crippen LogP contribution in [0.4, 0.5) is 0 Å². The quantitative estimate of drug-likeness (QED) is 0.522. The van der Waals surface area contributed by atoms with Crippen molar-refractivity contribution in [3.05, 3.63) is 29.3 Å². The molecule has 0 fully saturated rings. The normalized spacial score (nSPS) is 18.9. The molecule has 1 nitrogen and oxygen atoms in total. The van der Waals surface area contributed by atoms with Gasteiger partial charge in [-0.1, -0.05) is 29.6 Å². The van der Waals surface area contributed by atoms with Gasteiger partial charge in [0.05, 0.1) is 6.54 Å². The molecule has 1 aliphatic carbocycles. The van der Waals surface area contributed by atoms with Crippen molar-refractivity contribution in [2.24, 2.45) is 0 Å². The molecule has 1 aromatic rings. The summed E-state index contributed by atoms with van der Waals surface area (Å²) in [6, 6.07) is 6.54. The molecule has 1 unspecified atom stereocenters. The van der Waals surface area contributed by atoms with Gasteiger partial charge in [-0.3, -0.25) is 5.32 Å². The third-order valence-electron chi connectivity index (χ3n) is 2.70. The Balaban J connectivity index is 2.19. The Morgan fingerprint density at radius 2 is 2.43 bits per heavy atom. The number of benzene rings is 1. The van der Waals surface area contributed by atoms with Gasteiger partial charge < -0.3 is 0 Å². The molecule has 2 rings (SSSR count). The number of nitrogens with one attached hydrogen (secondary N) is 1. The molecule has 0 aromatic heterocycles. The summed E-state index contributed by atoms with van der Waals surface area (Å²) in [5, 5.41) is 3.33. The fourth-order valence-corrected chi connectivity index (χ4v) is 2.03. The van der Waals surface area contributed by atoms with Crippen LogP contribution < -0.4 is 10.8 Å². The van der Waals surface area contributed by atoms with Crippen LogP contribution in [0.1, 0.15) is 23.6 Å². The summed E-state index contributed by atoms with van der Waals surface area (Å²) in [5.41, 5.74) is 3.57. The van der Waals surface area contributed by atoms with Gasteiger partial charge in [-0.25, -0.2) is 0 Å². The van der Waals surface area contributed by atoms with Crippen molar-refractivity contribution in [1.29, 1.82) is 0 Å². The molecule has 68 valence electrons. The Morgan fingerprint density at radius 1 is 1.57 bits per heavy atom. The first-order valence-electron chi connectivity index (χ1n) is 4.86. The van der Waals surface area contributed by atoms with Crippen LogP contribution in [0.25, 0.3) is 0 Å². The topological polar surface area (TPSA) is 12.0 Å². The average Bonchev–Trinajstić information content (AvgIpc) is 2.57. The lowest BCUT2D eigenvalue weighted by atomic mass is 9.92. The van der Waals surface area contributed by atoms with E-state index in [2.05, 4.69) is 23.4 Å². The average molecular weight is 181 g/mol. The summed E-state index contributed by atoms with van der Waals surface area (Å²) in [4.78, 5) is 0. The van der Waals surface area contributed by atoms with Gasteiger partial charge in [-0.05, 0) is 24.0 Å². The summed E-state index contributed by atoms with van der Waals surface area (Å²) in [7, 11) is 5.72. The van der Waals surface area contributed by atoms with Gasteiger partial charge in [0, 0.05) is 6.04 Å². The highest BCUT2D eigenvalue weighted by atomic mass is 14.9. The minimum absolute atomic E-state index is 0.418. The molecule has 0 amide bonds. The highest BCUT2D eigenvalue weighted by Crippen LogP contribution is 2.29. The van der Waals surface area contributed by atoms with Gasteiger partial charge in [0.15, 0.2) is 0 Å². The molecule has 0 bridgehead atoms. The number of aryl methyl sites for hydroxylation is 1. The Bertz CT molecular complexity index is 378. The van der Waals surface area contributed by atoms with Crippen LogP contribution in [0.3, 0.4) is 0 Å². The Morgan fingerprint density at radius 3 is 3.21 bits per heavy atom. The molecule has 1 N–H and O–H groups in total. The Kier molecular flexibility index (Phi) is 2.61. The second kappa shape index (κ2) is 3.90. The summed E-state index contributed by atoms with van der Waals surface area (Å²) in [5.74, 6) is 2.60. The fraction of sp³-hybridized carbons (Fsp3) is 0.333. The lowest BCUT2D eigenvalue weighted by molar-refractivity contribution is 0.568.